The molecule has 118 valence electrons. The van der Waals surface area contributed by atoms with Crippen molar-refractivity contribution in [3.63, 3.8) is 0 Å². The van der Waals surface area contributed by atoms with Crippen molar-refractivity contribution in [2.45, 2.75) is 32.6 Å². The molecule has 0 fully saturated rings. The number of ketones is 1. The maximum atomic E-state index is 12.4. The molecule has 0 heterocycles. The third-order valence-electron chi connectivity index (χ3n) is 3.70. The van der Waals surface area contributed by atoms with Gasteiger partial charge >= 0.3 is 0 Å². The monoisotopic (exact) mass is 304 g/mol. The van der Waals surface area contributed by atoms with Crippen LogP contribution in [0.4, 0.5) is 0 Å². The highest BCUT2D eigenvalue weighted by Gasteiger charge is 2.07. The molecule has 0 radical (unpaired) electrons. The molecule has 0 aliphatic heterocycles. The minimum atomic E-state index is 0.258. The Morgan fingerprint density at radius 3 is 2.13 bits per heavy atom. The van der Waals surface area contributed by atoms with Gasteiger partial charge in [0, 0.05) is 6.42 Å². The molecule has 2 aromatic rings. The second kappa shape index (κ2) is 9.58. The summed E-state index contributed by atoms with van der Waals surface area (Å²) in [7, 11) is 0. The fourth-order valence-corrected chi connectivity index (χ4v) is 2.39. The molecule has 0 aromatic heterocycles. The van der Waals surface area contributed by atoms with Crippen LogP contribution in [0.3, 0.4) is 0 Å². The van der Waals surface area contributed by atoms with Gasteiger partial charge in [0.05, 0.1) is 0 Å². The van der Waals surface area contributed by atoms with Crippen LogP contribution in [0, 0.1) is 0 Å². The van der Waals surface area contributed by atoms with Crippen LogP contribution in [0.2, 0.25) is 0 Å². The summed E-state index contributed by atoms with van der Waals surface area (Å²) in [6.07, 6.45) is 9.48. The normalized spacial score (nSPS) is 11.8. The Hall–Kier alpha value is -2.41. The molecular formula is C22H24O. The zero-order chi connectivity index (χ0) is 16.3. The van der Waals surface area contributed by atoms with E-state index in [1.54, 1.807) is 0 Å². The minimum absolute atomic E-state index is 0.258. The van der Waals surface area contributed by atoms with Crippen LogP contribution in [0.5, 0.6) is 0 Å². The van der Waals surface area contributed by atoms with E-state index < -0.39 is 0 Å². The van der Waals surface area contributed by atoms with E-state index in [2.05, 4.69) is 31.2 Å². The second-order valence-corrected chi connectivity index (χ2v) is 5.62. The summed E-state index contributed by atoms with van der Waals surface area (Å²) < 4.78 is 0. The molecule has 1 heteroatoms. The zero-order valence-corrected chi connectivity index (χ0v) is 13.7. The lowest BCUT2D eigenvalue weighted by atomic mass is 9.99. The van der Waals surface area contributed by atoms with E-state index in [-0.39, 0.29) is 5.78 Å². The largest absolute Gasteiger partial charge is 0.295 e. The summed E-state index contributed by atoms with van der Waals surface area (Å²) in [5.74, 6) is 0.258. The lowest BCUT2D eigenvalue weighted by molar-refractivity contribution is -0.115. The summed E-state index contributed by atoms with van der Waals surface area (Å²) in [4.78, 5) is 12.4. The highest BCUT2D eigenvalue weighted by atomic mass is 16.1. The standard InChI is InChI=1S/C22H24O/c1-2-3-17-22(23)21(18-20-13-8-5-9-14-20)16-10-15-19-11-6-4-7-12-19/h4-15,18H,2-3,16-17H2,1H3/b15-10+,21-18+. The van der Waals surface area contributed by atoms with Gasteiger partial charge in [-0.25, -0.2) is 0 Å². The summed E-state index contributed by atoms with van der Waals surface area (Å²) >= 11 is 0. The topological polar surface area (TPSA) is 17.1 Å². The maximum absolute atomic E-state index is 12.4. The zero-order valence-electron chi connectivity index (χ0n) is 13.7. The van der Waals surface area contributed by atoms with Crippen molar-refractivity contribution in [2.75, 3.05) is 0 Å². The SMILES string of the molecule is CCCCC(=O)/C(=C/c1ccccc1)C/C=C/c1ccccc1. The number of hydrogen-bond acceptors (Lipinski definition) is 1. The first kappa shape index (κ1) is 17.0. The van der Waals surface area contributed by atoms with Gasteiger partial charge in [0.15, 0.2) is 5.78 Å². The lowest BCUT2D eigenvalue weighted by Crippen LogP contribution is -2.01. The van der Waals surface area contributed by atoms with Crippen LogP contribution < -0.4 is 0 Å². The molecule has 0 saturated heterocycles. The van der Waals surface area contributed by atoms with Gasteiger partial charge in [0.25, 0.3) is 0 Å². The van der Waals surface area contributed by atoms with Gasteiger partial charge in [0.2, 0.25) is 0 Å². The molecule has 0 atom stereocenters. The van der Waals surface area contributed by atoms with Gasteiger partial charge in [-0.3, -0.25) is 4.79 Å². The van der Waals surface area contributed by atoms with E-state index in [9.17, 15) is 4.79 Å². The Morgan fingerprint density at radius 2 is 1.52 bits per heavy atom. The number of benzene rings is 2. The molecule has 0 bridgehead atoms. The minimum Gasteiger partial charge on any atom is -0.295 e. The van der Waals surface area contributed by atoms with Crippen molar-refractivity contribution in [3.8, 4) is 0 Å². The molecule has 0 aliphatic rings. The average Bonchev–Trinajstić information content (AvgIpc) is 2.60. The lowest BCUT2D eigenvalue weighted by Gasteiger charge is -2.04. The molecule has 2 rings (SSSR count). The Labute approximate surface area is 139 Å². The fourth-order valence-electron chi connectivity index (χ4n) is 2.39. The molecule has 23 heavy (non-hydrogen) atoms. The molecule has 0 amide bonds. The molecule has 2 aromatic carbocycles. The van der Waals surface area contributed by atoms with Crippen LogP contribution >= 0.6 is 0 Å². The van der Waals surface area contributed by atoms with Crippen molar-refractivity contribution >= 4 is 17.9 Å². The number of Topliss-reactive ketones (excluding diaryl/α,β-unsaturated/α-hetero) is 1. The van der Waals surface area contributed by atoms with Gasteiger partial charge in [-0.05, 0) is 35.6 Å². The van der Waals surface area contributed by atoms with E-state index in [4.69, 9.17) is 0 Å². The Kier molecular flexibility index (Phi) is 7.06. The average molecular weight is 304 g/mol. The van der Waals surface area contributed by atoms with Crippen LogP contribution in [-0.4, -0.2) is 5.78 Å². The summed E-state index contributed by atoms with van der Waals surface area (Å²) in [5, 5.41) is 0. The molecular weight excluding hydrogens is 280 g/mol. The van der Waals surface area contributed by atoms with Crippen molar-refractivity contribution in [1.82, 2.24) is 0 Å². The van der Waals surface area contributed by atoms with Crippen LogP contribution in [-0.2, 0) is 4.79 Å². The first-order valence-corrected chi connectivity index (χ1v) is 8.30. The summed E-state index contributed by atoms with van der Waals surface area (Å²) in [6, 6.07) is 20.2. The van der Waals surface area contributed by atoms with E-state index in [0.717, 1.165) is 29.5 Å². The number of carbonyl (C=O) groups is 1. The van der Waals surface area contributed by atoms with E-state index in [1.165, 1.54) is 0 Å². The quantitative estimate of drug-likeness (QED) is 0.552. The number of allylic oxidation sites excluding steroid dienone is 2. The van der Waals surface area contributed by atoms with Crippen molar-refractivity contribution in [3.05, 3.63) is 83.4 Å². The van der Waals surface area contributed by atoms with E-state index in [1.807, 2.05) is 54.6 Å². The predicted octanol–water partition coefficient (Wildman–Crippen LogP) is 5.93. The molecule has 0 aliphatic carbocycles. The fraction of sp³-hybridized carbons (Fsp3) is 0.227. The number of hydrogen-bond donors (Lipinski definition) is 0. The van der Waals surface area contributed by atoms with Crippen LogP contribution in [0.15, 0.2) is 72.3 Å². The molecule has 0 unspecified atom stereocenters. The highest BCUT2D eigenvalue weighted by Crippen LogP contribution is 2.16. The first-order chi connectivity index (χ1) is 11.3. The van der Waals surface area contributed by atoms with Crippen LogP contribution in [0.1, 0.15) is 43.7 Å². The highest BCUT2D eigenvalue weighted by molar-refractivity contribution is 5.99. The third-order valence-corrected chi connectivity index (χ3v) is 3.70. The number of carbonyl (C=O) groups excluding carboxylic acids is 1. The van der Waals surface area contributed by atoms with Crippen molar-refractivity contribution < 1.29 is 4.79 Å². The van der Waals surface area contributed by atoms with E-state index in [0.29, 0.717) is 12.8 Å². The third kappa shape index (κ3) is 6.07. The van der Waals surface area contributed by atoms with Gasteiger partial charge in [-0.2, -0.15) is 0 Å². The Balaban J connectivity index is 2.11. The van der Waals surface area contributed by atoms with Gasteiger partial charge in [-0.1, -0.05) is 86.2 Å². The van der Waals surface area contributed by atoms with Gasteiger partial charge in [0.1, 0.15) is 0 Å². The van der Waals surface area contributed by atoms with E-state index >= 15 is 0 Å². The van der Waals surface area contributed by atoms with Crippen LogP contribution in [0.25, 0.3) is 12.2 Å². The number of rotatable bonds is 8. The molecule has 0 N–H and O–H groups in total. The molecule has 0 spiro atoms. The predicted molar refractivity (Wildman–Crippen MR) is 99.0 cm³/mol. The van der Waals surface area contributed by atoms with Gasteiger partial charge in [-0.15, -0.1) is 0 Å². The first-order valence-electron chi connectivity index (χ1n) is 8.30. The summed E-state index contributed by atoms with van der Waals surface area (Å²) in [5.41, 5.74) is 3.13. The molecule has 0 saturated carbocycles. The number of unbranched alkanes of at least 4 members (excludes halogenated alkanes) is 1. The Morgan fingerprint density at radius 1 is 0.913 bits per heavy atom. The van der Waals surface area contributed by atoms with Crippen molar-refractivity contribution in [1.29, 1.82) is 0 Å². The van der Waals surface area contributed by atoms with Crippen molar-refractivity contribution in [2.24, 2.45) is 0 Å². The van der Waals surface area contributed by atoms with Gasteiger partial charge < -0.3 is 0 Å². The molecule has 1 nitrogen and oxygen atoms in total. The Bertz CT molecular complexity index is 651. The summed E-state index contributed by atoms with van der Waals surface area (Å²) in [6.45, 7) is 2.11. The maximum Gasteiger partial charge on any atom is 0.159 e. The second-order valence-electron chi connectivity index (χ2n) is 5.62. The smallest absolute Gasteiger partial charge is 0.159 e.